The Hall–Kier alpha value is -7.81. The molecule has 0 aliphatic heterocycles. The number of pyridine rings is 1. The standard InChI is InChI=1S/C62H57N5O2Si/c1-61(2,3)44-34-42(33-43(35-44)50-36-41(31-32-63-50)39-19-12-10-13-20-39)46-24-18-26-52-56(46)65-59(67(52)51-28-27-45(70(7,8)9)37-48(51)40-21-14-11-15-22-40)55-53(68)29-30-54-58(55)66-38-64-57(60(66)69-54)47-23-16-17-25-49(47)62(4,5)6/h10-38,68H,1-9H3. The molecule has 1 N–H and O–H groups in total. The Balaban J connectivity index is 1.21. The molecule has 7 aromatic carbocycles. The monoisotopic (exact) mass is 931 g/mol. The van der Waals surface area contributed by atoms with Crippen molar-refractivity contribution in [2.24, 2.45) is 0 Å². The lowest BCUT2D eigenvalue weighted by molar-refractivity contribution is 0.477. The quantitative estimate of drug-likeness (QED) is 0.154. The van der Waals surface area contributed by atoms with Gasteiger partial charge in [-0.3, -0.25) is 14.0 Å². The molecular weight excluding hydrogens is 875 g/mol. The number of imidazole rings is 2. The second-order valence-electron chi connectivity index (χ2n) is 21.6. The van der Waals surface area contributed by atoms with E-state index < -0.39 is 8.07 Å². The lowest BCUT2D eigenvalue weighted by Gasteiger charge is -2.22. The third-order valence-corrected chi connectivity index (χ3v) is 15.7. The van der Waals surface area contributed by atoms with Crippen molar-refractivity contribution in [1.82, 2.24) is 23.9 Å². The number of para-hydroxylation sites is 1. The Morgan fingerprint density at radius 1 is 0.571 bits per heavy atom. The van der Waals surface area contributed by atoms with E-state index in [-0.39, 0.29) is 16.6 Å². The van der Waals surface area contributed by atoms with Crippen LogP contribution >= 0.6 is 0 Å². The SMILES string of the molecule is CC(C)(C)c1cc(-c2cc(-c3ccccc3)ccn2)cc(-c2cccc3c2nc(-c2c(O)ccc4oc5c(-c6ccccc6C(C)(C)C)ncn5c24)n3-c2ccc([Si](C)(C)C)cc2-c2ccccc2)c1. The predicted molar refractivity (Wildman–Crippen MR) is 292 cm³/mol. The zero-order valence-electron chi connectivity index (χ0n) is 41.3. The Bertz CT molecular complexity index is 3790. The third-order valence-electron chi connectivity index (χ3n) is 13.7. The van der Waals surface area contributed by atoms with Gasteiger partial charge in [0, 0.05) is 28.5 Å². The number of aromatic nitrogens is 5. The highest BCUT2D eigenvalue weighted by atomic mass is 28.3. The van der Waals surface area contributed by atoms with Gasteiger partial charge in [0.1, 0.15) is 23.3 Å². The van der Waals surface area contributed by atoms with Gasteiger partial charge in [0.05, 0.1) is 36.1 Å². The molecule has 4 heterocycles. The molecule has 0 spiro atoms. The summed E-state index contributed by atoms with van der Waals surface area (Å²) in [5.74, 6) is 0.668. The molecule has 7 nitrogen and oxygen atoms in total. The zero-order valence-corrected chi connectivity index (χ0v) is 42.3. The topological polar surface area (TPSA) is 81.4 Å². The van der Waals surface area contributed by atoms with Crippen molar-refractivity contribution in [2.45, 2.75) is 72.0 Å². The van der Waals surface area contributed by atoms with Gasteiger partial charge in [0.15, 0.2) is 11.4 Å². The van der Waals surface area contributed by atoms with Gasteiger partial charge in [-0.25, -0.2) is 9.97 Å². The Kier molecular flexibility index (Phi) is 10.7. The summed E-state index contributed by atoms with van der Waals surface area (Å²) < 4.78 is 11.0. The molecule has 70 heavy (non-hydrogen) atoms. The number of rotatable bonds is 8. The number of hydrogen-bond donors (Lipinski definition) is 1. The van der Waals surface area contributed by atoms with Crippen molar-refractivity contribution >= 4 is 41.1 Å². The Morgan fingerprint density at radius 2 is 1.27 bits per heavy atom. The van der Waals surface area contributed by atoms with Crippen molar-refractivity contribution in [2.75, 3.05) is 0 Å². The molecule has 0 amide bonds. The molecular formula is C62H57N5O2Si. The molecule has 0 saturated heterocycles. The molecule has 4 aromatic heterocycles. The summed E-state index contributed by atoms with van der Waals surface area (Å²) in [7, 11) is -1.77. The average molecular weight is 932 g/mol. The molecule has 8 heteroatoms. The first kappa shape index (κ1) is 44.7. The predicted octanol–water partition coefficient (Wildman–Crippen LogP) is 15.7. The Labute approximate surface area is 410 Å². The van der Waals surface area contributed by atoms with Gasteiger partial charge >= 0.3 is 0 Å². The lowest BCUT2D eigenvalue weighted by atomic mass is 9.83. The molecule has 346 valence electrons. The first-order valence-electron chi connectivity index (χ1n) is 24.1. The highest BCUT2D eigenvalue weighted by Crippen LogP contribution is 2.46. The third kappa shape index (κ3) is 7.82. The summed E-state index contributed by atoms with van der Waals surface area (Å²) in [4.78, 5) is 15.7. The fourth-order valence-corrected chi connectivity index (χ4v) is 11.0. The van der Waals surface area contributed by atoms with Gasteiger partial charge < -0.3 is 9.52 Å². The summed E-state index contributed by atoms with van der Waals surface area (Å²) in [6.45, 7) is 20.6. The highest BCUT2D eigenvalue weighted by Gasteiger charge is 2.30. The van der Waals surface area contributed by atoms with Crippen LogP contribution in [0.3, 0.4) is 0 Å². The maximum Gasteiger partial charge on any atom is 0.232 e. The van der Waals surface area contributed by atoms with Crippen LogP contribution in [0.1, 0.15) is 52.7 Å². The van der Waals surface area contributed by atoms with Crippen LogP contribution in [-0.2, 0) is 10.8 Å². The molecule has 0 fully saturated rings. The highest BCUT2D eigenvalue weighted by molar-refractivity contribution is 6.88. The molecule has 0 saturated carbocycles. The van der Waals surface area contributed by atoms with E-state index in [9.17, 15) is 5.11 Å². The number of phenols is 1. The van der Waals surface area contributed by atoms with E-state index in [0.717, 1.165) is 72.6 Å². The molecule has 0 aliphatic carbocycles. The first-order chi connectivity index (χ1) is 33.5. The van der Waals surface area contributed by atoms with Crippen molar-refractivity contribution in [3.8, 4) is 78.7 Å². The van der Waals surface area contributed by atoms with Crippen molar-refractivity contribution in [3.63, 3.8) is 0 Å². The summed E-state index contributed by atoms with van der Waals surface area (Å²) in [6.07, 6.45) is 3.72. The van der Waals surface area contributed by atoms with E-state index in [1.807, 2.05) is 35.1 Å². The molecule has 0 bridgehead atoms. The normalized spacial score (nSPS) is 12.4. The minimum atomic E-state index is -1.77. The van der Waals surface area contributed by atoms with Crippen LogP contribution in [0.2, 0.25) is 19.6 Å². The second-order valence-corrected chi connectivity index (χ2v) is 26.7. The van der Waals surface area contributed by atoms with Gasteiger partial charge in [0.2, 0.25) is 5.71 Å². The van der Waals surface area contributed by atoms with Crippen LogP contribution in [0.15, 0.2) is 181 Å². The van der Waals surface area contributed by atoms with E-state index in [0.29, 0.717) is 28.2 Å². The number of phenolic OH excluding ortho intramolecular Hbond substituents is 1. The number of nitrogens with zero attached hydrogens (tertiary/aromatic N) is 5. The van der Waals surface area contributed by atoms with Crippen molar-refractivity contribution < 1.29 is 9.52 Å². The smallest absolute Gasteiger partial charge is 0.232 e. The van der Waals surface area contributed by atoms with Crippen LogP contribution in [0.4, 0.5) is 0 Å². The summed E-state index contributed by atoms with van der Waals surface area (Å²) in [6, 6.07) is 57.5. The van der Waals surface area contributed by atoms with Crippen LogP contribution in [0, 0.1) is 0 Å². The number of hydrogen-bond acceptors (Lipinski definition) is 5. The van der Waals surface area contributed by atoms with Gasteiger partial charge in [-0.05, 0) is 92.7 Å². The average Bonchev–Trinajstić information content (AvgIpc) is 4.06. The van der Waals surface area contributed by atoms with E-state index in [1.165, 1.54) is 16.3 Å². The number of benzene rings is 7. The van der Waals surface area contributed by atoms with Crippen molar-refractivity contribution in [3.05, 3.63) is 187 Å². The van der Waals surface area contributed by atoms with E-state index in [1.54, 1.807) is 6.07 Å². The largest absolute Gasteiger partial charge is 0.507 e. The molecule has 11 rings (SSSR count). The van der Waals surface area contributed by atoms with Gasteiger partial charge in [0.25, 0.3) is 0 Å². The van der Waals surface area contributed by atoms with Crippen LogP contribution in [0.25, 0.3) is 101 Å². The Morgan fingerprint density at radius 3 is 2.00 bits per heavy atom. The number of oxazole rings is 1. The summed E-state index contributed by atoms with van der Waals surface area (Å²) >= 11 is 0. The van der Waals surface area contributed by atoms with Gasteiger partial charge in [-0.2, -0.15) is 0 Å². The fraction of sp³-hybridized carbons (Fsp3) is 0.177. The maximum atomic E-state index is 12.4. The van der Waals surface area contributed by atoms with Gasteiger partial charge in [-0.15, -0.1) is 0 Å². The first-order valence-corrected chi connectivity index (χ1v) is 27.6. The zero-order chi connectivity index (χ0) is 48.7. The van der Waals surface area contributed by atoms with Crippen LogP contribution in [-0.4, -0.2) is 37.1 Å². The number of fused-ring (bicyclic) bond motifs is 4. The number of aromatic hydroxyl groups is 1. The molecule has 0 aliphatic rings. The van der Waals surface area contributed by atoms with Crippen LogP contribution < -0.4 is 5.19 Å². The van der Waals surface area contributed by atoms with Crippen LogP contribution in [0.5, 0.6) is 5.75 Å². The molecule has 0 atom stereocenters. The second kappa shape index (κ2) is 16.7. The van der Waals surface area contributed by atoms with Crippen molar-refractivity contribution in [1.29, 1.82) is 0 Å². The minimum Gasteiger partial charge on any atom is -0.507 e. The van der Waals surface area contributed by atoms with Gasteiger partial charge in [-0.1, -0.05) is 182 Å². The summed E-state index contributed by atoms with van der Waals surface area (Å²) in [5, 5.41) is 13.7. The minimum absolute atomic E-state index is 0.0833. The van der Waals surface area contributed by atoms with E-state index in [4.69, 9.17) is 19.4 Å². The fourth-order valence-electron chi connectivity index (χ4n) is 9.88. The van der Waals surface area contributed by atoms with E-state index >= 15 is 0 Å². The summed E-state index contributed by atoms with van der Waals surface area (Å²) in [5.41, 5.74) is 17.2. The lowest BCUT2D eigenvalue weighted by Crippen LogP contribution is -2.37. The van der Waals surface area contributed by atoms with E-state index in [2.05, 4.69) is 205 Å². The molecule has 0 unspecified atom stereocenters. The molecule has 0 radical (unpaired) electrons. The maximum absolute atomic E-state index is 12.4. The molecule has 11 aromatic rings.